The van der Waals surface area contributed by atoms with Crippen molar-refractivity contribution in [1.82, 2.24) is 0 Å². The van der Waals surface area contributed by atoms with E-state index in [2.05, 4.69) is 0 Å². The third-order valence-corrected chi connectivity index (χ3v) is 4.46. The summed E-state index contributed by atoms with van der Waals surface area (Å²) in [4.78, 5) is 0. The van der Waals surface area contributed by atoms with Crippen LogP contribution in [0.4, 0.5) is 92.2 Å². The molecule has 0 fully saturated rings. The molecule has 45 heavy (non-hydrogen) atoms. The van der Waals surface area contributed by atoms with Gasteiger partial charge < -0.3 is 4.55 Å². The van der Waals surface area contributed by atoms with Gasteiger partial charge in [0.2, 0.25) is 0 Å². The summed E-state index contributed by atoms with van der Waals surface area (Å²) in [6, 6.07) is 0.0881. The predicted octanol–water partition coefficient (Wildman–Crippen LogP) is 8.76. The Labute approximate surface area is 252 Å². The molecule has 0 spiro atoms. The Kier molecular flexibility index (Phi) is 14.2. The van der Waals surface area contributed by atoms with Crippen LogP contribution in [0.15, 0.2) is 24.3 Å². The molecule has 0 atom stereocenters. The summed E-state index contributed by atoms with van der Waals surface area (Å²) in [7, 11) is -6.09. The van der Waals surface area contributed by atoms with Gasteiger partial charge in [0, 0.05) is 36.6 Å². The van der Waals surface area contributed by atoms with Crippen molar-refractivity contribution in [2.45, 2.75) is 42.6 Å². The van der Waals surface area contributed by atoms with Gasteiger partial charge in [-0.15, -0.1) is 0 Å². The maximum Gasteiger partial charge on any atom is 0.485 e. The van der Waals surface area contributed by atoms with Gasteiger partial charge in [0.1, 0.15) is 0 Å². The molecule has 0 aliphatic carbocycles. The maximum atomic E-state index is 12.2. The molecule has 0 unspecified atom stereocenters. The Balaban J connectivity index is 0. The predicted molar refractivity (Wildman–Crippen MR) is 102 cm³/mol. The summed E-state index contributed by atoms with van der Waals surface area (Å²) < 4.78 is 278. The fraction of sp³-hybridized carbons (Fsp3) is 0.368. The number of halogens is 21. The van der Waals surface area contributed by atoms with Crippen LogP contribution in [0.5, 0.6) is 0 Å². The van der Waals surface area contributed by atoms with Crippen molar-refractivity contribution >= 4 is 34.5 Å². The summed E-state index contributed by atoms with van der Waals surface area (Å²) >= 11 is 0. The molecule has 2 aromatic carbocycles. The van der Waals surface area contributed by atoms with E-state index in [1.54, 1.807) is 0 Å². The van der Waals surface area contributed by atoms with Gasteiger partial charge in [-0.25, -0.2) is 8.42 Å². The van der Waals surface area contributed by atoms with Gasteiger partial charge >= 0.3 is 42.6 Å². The van der Waals surface area contributed by atoms with Crippen LogP contribution in [0.2, 0.25) is 0 Å². The summed E-state index contributed by atoms with van der Waals surface area (Å²) in [5.41, 5.74) is -18.2. The molecule has 0 aromatic heterocycles. The van der Waals surface area contributed by atoms with E-state index in [-0.39, 0.29) is 24.4 Å². The van der Waals surface area contributed by atoms with E-state index in [4.69, 9.17) is 13.0 Å². The van der Waals surface area contributed by atoms with Crippen LogP contribution in [0.1, 0.15) is 33.4 Å². The number of benzene rings is 2. The van der Waals surface area contributed by atoms with E-state index < -0.39 is 110 Å². The number of hydrogen-bond acceptors (Lipinski definition) is 3. The van der Waals surface area contributed by atoms with E-state index in [0.717, 1.165) is 12.1 Å². The molecule has 0 aliphatic rings. The molecule has 0 aliphatic heterocycles. The van der Waals surface area contributed by atoms with E-state index in [0.29, 0.717) is 0 Å². The monoisotopic (exact) mass is 832 g/mol. The van der Waals surface area contributed by atoms with Crippen molar-refractivity contribution < 1.29 is 105 Å². The van der Waals surface area contributed by atoms with Crippen LogP contribution in [-0.4, -0.2) is 42.9 Å². The molecule has 3 nitrogen and oxygen atoms in total. The molecule has 2 aromatic rings. The first-order valence-electron chi connectivity index (χ1n) is 9.48. The molecular formula is C19H4F21O3SSb-. The molecule has 5 radical (unpaired) electrons. The number of hydrogen-bond donors (Lipinski definition) is 0. The van der Waals surface area contributed by atoms with E-state index >= 15 is 0 Å². The standard InChI is InChI=1S/2C9H2F9.CHF3O3S.Sb/c2*10-7(11,12)4-1-5(8(13,14)15)3-6(2-4)9(16,17)18;2-1(3,4)8(5,6)7;/h2*1-2H;(H,5,6,7);/p-1. The number of rotatable bonds is 0. The molecule has 0 bridgehead atoms. The van der Waals surface area contributed by atoms with Gasteiger partial charge in [-0.2, -0.15) is 92.2 Å². The van der Waals surface area contributed by atoms with Crippen molar-refractivity contribution in [3.63, 3.8) is 0 Å². The average molecular weight is 833 g/mol. The van der Waals surface area contributed by atoms with Crippen LogP contribution < -0.4 is 0 Å². The van der Waals surface area contributed by atoms with Gasteiger partial charge in [0.25, 0.3) is 0 Å². The average Bonchev–Trinajstić information content (AvgIpc) is 2.74. The first kappa shape index (κ1) is 44.8. The molecular weight excluding hydrogens is 829 g/mol. The van der Waals surface area contributed by atoms with Crippen molar-refractivity contribution in [2.75, 3.05) is 0 Å². The Morgan fingerprint density at radius 2 is 0.578 bits per heavy atom. The third kappa shape index (κ3) is 14.8. The maximum absolute atomic E-state index is 12.2. The minimum Gasteiger partial charge on any atom is -0.741 e. The van der Waals surface area contributed by atoms with E-state index in [1.165, 1.54) is 0 Å². The Bertz CT molecular complexity index is 1130. The van der Waals surface area contributed by atoms with Crippen LogP contribution in [0.25, 0.3) is 0 Å². The van der Waals surface area contributed by atoms with E-state index in [1.807, 2.05) is 0 Å². The fourth-order valence-electron chi connectivity index (χ4n) is 2.08. The van der Waals surface area contributed by atoms with Crippen molar-refractivity contribution in [3.05, 3.63) is 69.8 Å². The molecule has 2 rings (SSSR count). The second-order valence-electron chi connectivity index (χ2n) is 7.28. The Hall–Kier alpha value is -2.30. The van der Waals surface area contributed by atoms with Crippen molar-refractivity contribution in [1.29, 1.82) is 0 Å². The molecule has 0 saturated heterocycles. The molecule has 257 valence electrons. The minimum atomic E-state index is -6.09. The van der Waals surface area contributed by atoms with Crippen LogP contribution in [0, 0.1) is 12.1 Å². The van der Waals surface area contributed by atoms with Crippen molar-refractivity contribution in [3.8, 4) is 0 Å². The summed E-state index contributed by atoms with van der Waals surface area (Å²) in [5.74, 6) is 0. The third-order valence-electron chi connectivity index (χ3n) is 3.90. The van der Waals surface area contributed by atoms with E-state index in [9.17, 15) is 92.2 Å². The second kappa shape index (κ2) is 14.2. The van der Waals surface area contributed by atoms with Crippen LogP contribution in [-0.2, 0) is 47.2 Å². The van der Waals surface area contributed by atoms with Gasteiger partial charge in [-0.1, -0.05) is 0 Å². The van der Waals surface area contributed by atoms with Gasteiger partial charge in [-0.3, -0.25) is 0 Å². The molecule has 0 N–H and O–H groups in total. The summed E-state index contributed by atoms with van der Waals surface area (Å²) in [6.45, 7) is 0. The first-order chi connectivity index (χ1) is 18.9. The second-order valence-corrected chi connectivity index (χ2v) is 8.65. The normalized spacial score (nSPS) is 13.6. The largest absolute Gasteiger partial charge is 0.741 e. The number of alkyl halides is 21. The van der Waals surface area contributed by atoms with Gasteiger partial charge in [0.15, 0.2) is 10.1 Å². The zero-order valence-corrected chi connectivity index (χ0v) is 23.2. The molecule has 26 heteroatoms. The van der Waals surface area contributed by atoms with Gasteiger partial charge in [0.05, 0.1) is 33.4 Å². The molecule has 0 saturated carbocycles. The van der Waals surface area contributed by atoms with Crippen molar-refractivity contribution in [2.24, 2.45) is 0 Å². The van der Waals surface area contributed by atoms with Gasteiger partial charge in [-0.05, 0) is 24.3 Å². The first-order valence-corrected chi connectivity index (χ1v) is 10.9. The molecule has 0 amide bonds. The van der Waals surface area contributed by atoms with Crippen LogP contribution in [0.3, 0.4) is 0 Å². The Morgan fingerprint density at radius 3 is 0.667 bits per heavy atom. The SMILES string of the molecule is FC(F)(F)c1[c]c(C(F)(F)F)cc(C(F)(F)F)c1.FC(F)(F)c1[c]c(C(F)(F)F)cc(C(F)(F)F)c1.O=S(=O)([O-])C(F)(F)F.[Sb]. The zero-order valence-electron chi connectivity index (χ0n) is 19.8. The summed E-state index contributed by atoms with van der Waals surface area (Å²) in [5, 5.41) is 0. The summed E-state index contributed by atoms with van der Waals surface area (Å²) in [6.07, 6.45) is -32.0. The topological polar surface area (TPSA) is 57.2 Å². The van der Waals surface area contributed by atoms with Crippen LogP contribution >= 0.6 is 0 Å². The quantitative estimate of drug-likeness (QED) is 0.116. The zero-order chi connectivity index (χ0) is 35.7. The molecule has 0 heterocycles. The smallest absolute Gasteiger partial charge is 0.485 e. The Morgan fingerprint density at radius 1 is 0.422 bits per heavy atom. The fourth-order valence-corrected chi connectivity index (χ4v) is 2.08. The minimum absolute atomic E-state index is 0.